The molecule has 24 heavy (non-hydrogen) atoms. The maximum atomic E-state index is 12.6. The van der Waals surface area contributed by atoms with Gasteiger partial charge in [-0.05, 0) is 38.1 Å². The van der Waals surface area contributed by atoms with Crippen LogP contribution in [0.3, 0.4) is 0 Å². The molecule has 1 aromatic heterocycles. The molecule has 0 saturated carbocycles. The third kappa shape index (κ3) is 3.51. The first-order valence-corrected chi connectivity index (χ1v) is 8.66. The minimum Gasteiger partial charge on any atom is -0.497 e. The van der Waals surface area contributed by atoms with Gasteiger partial charge in [-0.2, -0.15) is 5.10 Å². The quantitative estimate of drug-likeness (QED) is 0.794. The lowest BCUT2D eigenvalue weighted by Crippen LogP contribution is -2.18. The summed E-state index contributed by atoms with van der Waals surface area (Å²) in [6, 6.07) is 5.90. The standard InChI is InChI=1S/C15H19N3O5S/c1-5-23-15(19)13-10(2)16-18(3)14(13)17-24(20,21)12-8-6-11(22-4)7-9-12/h6-9,17H,5H2,1-4H3. The van der Waals surface area contributed by atoms with Crippen molar-refractivity contribution in [1.29, 1.82) is 0 Å². The fourth-order valence-electron chi connectivity index (χ4n) is 2.16. The van der Waals surface area contributed by atoms with Crippen LogP contribution in [-0.4, -0.2) is 37.9 Å². The van der Waals surface area contributed by atoms with Crippen molar-refractivity contribution in [3.63, 3.8) is 0 Å². The predicted octanol–water partition coefficient (Wildman–Crippen LogP) is 1.71. The Morgan fingerprint density at radius 1 is 1.29 bits per heavy atom. The maximum Gasteiger partial charge on any atom is 0.343 e. The van der Waals surface area contributed by atoms with Crippen LogP contribution in [0.4, 0.5) is 5.82 Å². The number of sulfonamides is 1. The van der Waals surface area contributed by atoms with E-state index in [1.165, 1.54) is 36.1 Å². The molecule has 0 aliphatic carbocycles. The van der Waals surface area contributed by atoms with Gasteiger partial charge in [-0.25, -0.2) is 13.2 Å². The van der Waals surface area contributed by atoms with E-state index >= 15 is 0 Å². The SMILES string of the molecule is CCOC(=O)c1c(C)nn(C)c1NS(=O)(=O)c1ccc(OC)cc1. The lowest BCUT2D eigenvalue weighted by atomic mass is 10.2. The lowest BCUT2D eigenvalue weighted by molar-refractivity contribution is 0.0526. The molecule has 0 atom stereocenters. The van der Waals surface area contributed by atoms with Gasteiger partial charge in [0.05, 0.1) is 24.3 Å². The van der Waals surface area contributed by atoms with Crippen molar-refractivity contribution in [2.45, 2.75) is 18.7 Å². The number of methoxy groups -OCH3 is 1. The first-order chi connectivity index (χ1) is 11.3. The van der Waals surface area contributed by atoms with Crippen molar-refractivity contribution in [1.82, 2.24) is 9.78 Å². The van der Waals surface area contributed by atoms with E-state index in [9.17, 15) is 13.2 Å². The number of hydrogen-bond acceptors (Lipinski definition) is 6. The molecule has 0 aliphatic rings. The number of aromatic nitrogens is 2. The number of rotatable bonds is 6. The Balaban J connectivity index is 2.40. The number of esters is 1. The zero-order chi connectivity index (χ0) is 17.9. The Morgan fingerprint density at radius 3 is 2.46 bits per heavy atom. The Kier molecular flexibility index (Phi) is 5.13. The Hall–Kier alpha value is -2.55. The summed E-state index contributed by atoms with van der Waals surface area (Å²) in [6.45, 7) is 3.46. The highest BCUT2D eigenvalue weighted by atomic mass is 32.2. The molecular weight excluding hydrogens is 334 g/mol. The van der Waals surface area contributed by atoms with Crippen LogP contribution in [0.1, 0.15) is 23.0 Å². The molecule has 2 rings (SSSR count). The minimum absolute atomic E-state index is 0.0389. The van der Waals surface area contributed by atoms with Crippen LogP contribution in [0.15, 0.2) is 29.2 Å². The van der Waals surface area contributed by atoms with Gasteiger partial charge in [0.2, 0.25) is 0 Å². The summed E-state index contributed by atoms with van der Waals surface area (Å²) in [5.41, 5.74) is 0.472. The zero-order valence-electron chi connectivity index (χ0n) is 13.9. The van der Waals surface area contributed by atoms with E-state index < -0.39 is 16.0 Å². The first-order valence-electron chi connectivity index (χ1n) is 7.17. The number of carbonyl (C=O) groups excluding carboxylic acids is 1. The summed E-state index contributed by atoms with van der Waals surface area (Å²) in [7, 11) is -0.857. The summed E-state index contributed by atoms with van der Waals surface area (Å²) in [4.78, 5) is 12.1. The van der Waals surface area contributed by atoms with Gasteiger partial charge in [-0.1, -0.05) is 0 Å². The van der Waals surface area contributed by atoms with Gasteiger partial charge in [0.15, 0.2) is 5.82 Å². The smallest absolute Gasteiger partial charge is 0.343 e. The van der Waals surface area contributed by atoms with Gasteiger partial charge in [-0.15, -0.1) is 0 Å². The molecule has 9 heteroatoms. The molecule has 0 saturated heterocycles. The number of benzene rings is 1. The third-order valence-electron chi connectivity index (χ3n) is 3.30. The summed E-state index contributed by atoms with van der Waals surface area (Å²) in [5, 5.41) is 4.09. The molecule has 0 bridgehead atoms. The first kappa shape index (κ1) is 17.8. The Bertz CT molecular complexity index is 841. The average molecular weight is 353 g/mol. The van der Waals surface area contributed by atoms with Crippen LogP contribution in [-0.2, 0) is 21.8 Å². The molecule has 8 nitrogen and oxygen atoms in total. The molecule has 0 radical (unpaired) electrons. The molecule has 1 aromatic carbocycles. The van der Waals surface area contributed by atoms with E-state index in [0.29, 0.717) is 11.4 Å². The maximum absolute atomic E-state index is 12.6. The predicted molar refractivity (Wildman–Crippen MR) is 87.7 cm³/mol. The topological polar surface area (TPSA) is 99.5 Å². The highest BCUT2D eigenvalue weighted by Gasteiger charge is 2.25. The fourth-order valence-corrected chi connectivity index (χ4v) is 3.26. The number of carbonyl (C=O) groups is 1. The molecule has 0 aliphatic heterocycles. The van der Waals surface area contributed by atoms with Crippen LogP contribution in [0.25, 0.3) is 0 Å². The molecule has 130 valence electrons. The molecule has 0 fully saturated rings. The summed E-state index contributed by atoms with van der Waals surface area (Å²) < 4.78 is 38.8. The molecule has 1 heterocycles. The van der Waals surface area contributed by atoms with Crippen LogP contribution < -0.4 is 9.46 Å². The van der Waals surface area contributed by atoms with Gasteiger partial charge < -0.3 is 9.47 Å². The number of aryl methyl sites for hydroxylation is 2. The van der Waals surface area contributed by atoms with Crippen molar-refractivity contribution in [3.8, 4) is 5.75 Å². The third-order valence-corrected chi connectivity index (χ3v) is 4.66. The van der Waals surface area contributed by atoms with Gasteiger partial charge >= 0.3 is 5.97 Å². The highest BCUT2D eigenvalue weighted by molar-refractivity contribution is 7.92. The lowest BCUT2D eigenvalue weighted by Gasteiger charge is -2.11. The molecule has 0 unspecified atom stereocenters. The summed E-state index contributed by atoms with van der Waals surface area (Å²) in [6.07, 6.45) is 0. The summed E-state index contributed by atoms with van der Waals surface area (Å²) in [5.74, 6) is -0.0326. The normalized spacial score (nSPS) is 11.2. The van der Waals surface area contributed by atoms with Crippen LogP contribution in [0.5, 0.6) is 5.75 Å². The Morgan fingerprint density at radius 2 is 1.92 bits per heavy atom. The van der Waals surface area contributed by atoms with E-state index in [-0.39, 0.29) is 22.9 Å². The van der Waals surface area contributed by atoms with Gasteiger partial charge in [0, 0.05) is 7.05 Å². The van der Waals surface area contributed by atoms with Gasteiger partial charge in [0.1, 0.15) is 11.3 Å². The minimum atomic E-state index is -3.89. The number of hydrogen-bond donors (Lipinski definition) is 1. The molecular formula is C15H19N3O5S. The number of anilines is 1. The van der Waals surface area contributed by atoms with Crippen molar-refractivity contribution >= 4 is 21.8 Å². The monoisotopic (exact) mass is 353 g/mol. The molecule has 2 aromatic rings. The highest BCUT2D eigenvalue weighted by Crippen LogP contribution is 2.24. The van der Waals surface area contributed by atoms with Gasteiger partial charge in [-0.3, -0.25) is 9.40 Å². The van der Waals surface area contributed by atoms with E-state index in [0.717, 1.165) is 0 Å². The summed E-state index contributed by atoms with van der Waals surface area (Å²) >= 11 is 0. The van der Waals surface area contributed by atoms with Crippen molar-refractivity contribution in [2.24, 2.45) is 7.05 Å². The molecule has 1 N–H and O–H groups in total. The van der Waals surface area contributed by atoms with Crippen molar-refractivity contribution in [2.75, 3.05) is 18.4 Å². The Labute approximate surface area is 140 Å². The molecule has 0 amide bonds. The van der Waals surface area contributed by atoms with E-state index in [2.05, 4.69) is 9.82 Å². The van der Waals surface area contributed by atoms with Crippen LogP contribution in [0.2, 0.25) is 0 Å². The van der Waals surface area contributed by atoms with Crippen LogP contribution in [0, 0.1) is 6.92 Å². The second kappa shape index (κ2) is 6.91. The number of nitrogens with one attached hydrogen (secondary N) is 1. The fraction of sp³-hybridized carbons (Fsp3) is 0.333. The largest absolute Gasteiger partial charge is 0.497 e. The van der Waals surface area contributed by atoms with E-state index in [1.54, 1.807) is 20.9 Å². The van der Waals surface area contributed by atoms with E-state index in [4.69, 9.17) is 9.47 Å². The van der Waals surface area contributed by atoms with Crippen molar-refractivity contribution < 1.29 is 22.7 Å². The second-order valence-corrected chi connectivity index (χ2v) is 6.62. The average Bonchev–Trinajstić information content (AvgIpc) is 2.81. The number of nitrogens with zero attached hydrogens (tertiary/aromatic N) is 2. The second-order valence-electron chi connectivity index (χ2n) is 4.93. The number of ether oxygens (including phenoxy) is 2. The zero-order valence-corrected chi connectivity index (χ0v) is 14.7. The van der Waals surface area contributed by atoms with E-state index in [1.807, 2.05) is 0 Å². The van der Waals surface area contributed by atoms with Gasteiger partial charge in [0.25, 0.3) is 10.0 Å². The molecule has 0 spiro atoms. The van der Waals surface area contributed by atoms with Crippen molar-refractivity contribution in [3.05, 3.63) is 35.5 Å². The van der Waals surface area contributed by atoms with Crippen LogP contribution >= 0.6 is 0 Å².